The molecule has 0 fully saturated rings. The summed E-state index contributed by atoms with van der Waals surface area (Å²) in [6.45, 7) is 0.766. The van der Waals surface area contributed by atoms with E-state index in [1.165, 1.54) is 83.5 Å². The fraction of sp³-hybridized carbons (Fsp3) is 0.552. The van der Waals surface area contributed by atoms with Crippen molar-refractivity contribution >= 4 is 21.9 Å². The van der Waals surface area contributed by atoms with Crippen LogP contribution in [0.4, 0.5) is 0 Å². The van der Waals surface area contributed by atoms with Gasteiger partial charge in [-0.15, -0.1) is 0 Å². The monoisotopic (exact) mass is 516 g/mol. The third kappa shape index (κ3) is 12.3. The molecule has 2 aromatic rings. The summed E-state index contributed by atoms with van der Waals surface area (Å²) >= 11 is 3.50. The zero-order chi connectivity index (χ0) is 23.6. The minimum Gasteiger partial charge on any atom is -0.494 e. The van der Waals surface area contributed by atoms with E-state index in [9.17, 15) is 4.79 Å². The Bertz CT molecular complexity index is 755. The number of benzene rings is 2. The minimum atomic E-state index is -0.900. The Morgan fingerprint density at radius 2 is 1.00 bits per heavy atom. The molecular formula is C29H41BrO3. The lowest BCUT2D eigenvalue weighted by molar-refractivity contribution is 0.0697. The second kappa shape index (κ2) is 17.6. The van der Waals surface area contributed by atoms with E-state index in [0.717, 1.165) is 35.2 Å². The predicted molar refractivity (Wildman–Crippen MR) is 143 cm³/mol. The molecule has 0 aliphatic carbocycles. The fourth-order valence-electron chi connectivity index (χ4n) is 4.06. The molecule has 0 bridgehead atoms. The van der Waals surface area contributed by atoms with Crippen molar-refractivity contribution in [2.75, 3.05) is 11.9 Å². The Morgan fingerprint density at radius 1 is 0.606 bits per heavy atom. The first-order valence-electron chi connectivity index (χ1n) is 12.8. The van der Waals surface area contributed by atoms with Gasteiger partial charge in [0.15, 0.2) is 0 Å². The lowest BCUT2D eigenvalue weighted by Gasteiger charge is -2.08. The van der Waals surface area contributed by atoms with Gasteiger partial charge < -0.3 is 9.84 Å². The topological polar surface area (TPSA) is 46.5 Å². The van der Waals surface area contributed by atoms with Gasteiger partial charge in [0.1, 0.15) is 5.75 Å². The molecule has 0 atom stereocenters. The molecule has 0 aromatic heterocycles. The summed E-state index contributed by atoms with van der Waals surface area (Å²) in [7, 11) is 0. The lowest BCUT2D eigenvalue weighted by Crippen LogP contribution is -1.97. The van der Waals surface area contributed by atoms with Crippen LogP contribution in [-0.4, -0.2) is 23.0 Å². The molecule has 0 amide bonds. The maximum absolute atomic E-state index is 11.0. The molecular weight excluding hydrogens is 476 g/mol. The van der Waals surface area contributed by atoms with Crippen molar-refractivity contribution in [3.8, 4) is 16.9 Å². The molecule has 4 heteroatoms. The lowest BCUT2D eigenvalue weighted by atomic mass is 10.0. The summed E-state index contributed by atoms with van der Waals surface area (Å²) in [4.78, 5) is 11.0. The largest absolute Gasteiger partial charge is 0.494 e. The van der Waals surface area contributed by atoms with Gasteiger partial charge in [0.25, 0.3) is 0 Å². The molecule has 0 saturated carbocycles. The number of alkyl halides is 1. The molecule has 33 heavy (non-hydrogen) atoms. The number of hydrogen-bond donors (Lipinski definition) is 1. The Kier molecular flexibility index (Phi) is 14.7. The summed E-state index contributed by atoms with van der Waals surface area (Å²) < 4.78 is 5.88. The maximum atomic E-state index is 11.0. The van der Waals surface area contributed by atoms with Crippen molar-refractivity contribution in [2.24, 2.45) is 0 Å². The van der Waals surface area contributed by atoms with Crippen molar-refractivity contribution in [1.29, 1.82) is 0 Å². The van der Waals surface area contributed by atoms with Crippen LogP contribution in [-0.2, 0) is 0 Å². The number of carboxylic acids is 1. The molecule has 0 saturated heterocycles. The average Bonchev–Trinajstić information content (AvgIpc) is 2.84. The normalized spacial score (nSPS) is 10.9. The van der Waals surface area contributed by atoms with Crippen LogP contribution < -0.4 is 4.74 Å². The van der Waals surface area contributed by atoms with E-state index in [-0.39, 0.29) is 0 Å². The van der Waals surface area contributed by atoms with Crippen LogP contribution in [0.25, 0.3) is 11.1 Å². The Hall–Kier alpha value is -1.81. The van der Waals surface area contributed by atoms with Gasteiger partial charge in [0.05, 0.1) is 12.2 Å². The van der Waals surface area contributed by atoms with Crippen LogP contribution in [0.3, 0.4) is 0 Å². The maximum Gasteiger partial charge on any atom is 0.335 e. The van der Waals surface area contributed by atoms with Crippen LogP contribution in [0, 0.1) is 0 Å². The fourth-order valence-corrected chi connectivity index (χ4v) is 4.45. The molecule has 0 spiro atoms. The Morgan fingerprint density at radius 3 is 1.42 bits per heavy atom. The summed E-state index contributed by atoms with van der Waals surface area (Å²) in [5.41, 5.74) is 2.37. The first-order valence-corrected chi connectivity index (χ1v) is 14.0. The molecule has 2 rings (SSSR count). The van der Waals surface area contributed by atoms with E-state index < -0.39 is 5.97 Å². The molecule has 0 unspecified atom stereocenters. The number of hydrogen-bond acceptors (Lipinski definition) is 2. The van der Waals surface area contributed by atoms with Crippen molar-refractivity contribution in [3.05, 3.63) is 54.1 Å². The van der Waals surface area contributed by atoms with Crippen LogP contribution in [0.2, 0.25) is 0 Å². The van der Waals surface area contributed by atoms with Crippen LogP contribution in [0.1, 0.15) is 100 Å². The van der Waals surface area contributed by atoms with E-state index in [1.807, 2.05) is 36.4 Å². The molecule has 2 aromatic carbocycles. The average molecular weight is 518 g/mol. The van der Waals surface area contributed by atoms with E-state index in [2.05, 4.69) is 15.9 Å². The number of rotatable bonds is 19. The van der Waals surface area contributed by atoms with Gasteiger partial charge in [-0.05, 0) is 48.2 Å². The second-order valence-corrected chi connectivity index (χ2v) is 9.69. The minimum absolute atomic E-state index is 0.306. The van der Waals surface area contributed by atoms with Crippen LogP contribution >= 0.6 is 15.9 Å². The number of carbonyl (C=O) groups is 1. The number of halogens is 1. The molecule has 1 N–H and O–H groups in total. The molecule has 3 nitrogen and oxygen atoms in total. The summed E-state index contributed by atoms with van der Waals surface area (Å²) in [6.07, 6.45) is 19.0. The summed E-state index contributed by atoms with van der Waals surface area (Å²) in [5.74, 6) is -0.00739. The third-order valence-electron chi connectivity index (χ3n) is 6.12. The van der Waals surface area contributed by atoms with Crippen molar-refractivity contribution in [2.45, 2.75) is 89.9 Å². The number of carboxylic acid groups (broad SMARTS) is 1. The van der Waals surface area contributed by atoms with Gasteiger partial charge in [-0.1, -0.05) is 117 Å². The van der Waals surface area contributed by atoms with Gasteiger partial charge >= 0.3 is 5.97 Å². The summed E-state index contributed by atoms with van der Waals surface area (Å²) in [5, 5.41) is 10.2. The highest BCUT2D eigenvalue weighted by Crippen LogP contribution is 2.23. The van der Waals surface area contributed by atoms with Gasteiger partial charge in [-0.2, -0.15) is 0 Å². The van der Waals surface area contributed by atoms with Gasteiger partial charge in [-0.25, -0.2) is 4.79 Å². The number of ether oxygens (including phenoxy) is 1. The molecule has 0 radical (unpaired) electrons. The standard InChI is InChI=1S/C29H41BrO3/c30-23-13-11-9-7-5-3-1-2-4-6-8-10-12-14-24-33-28-21-19-26(20-22-28)25-15-17-27(18-16-25)29(31)32/h15-22H,1-14,23-24H2,(H,31,32). The molecule has 0 heterocycles. The van der Waals surface area contributed by atoms with Crippen molar-refractivity contribution in [3.63, 3.8) is 0 Å². The highest BCUT2D eigenvalue weighted by atomic mass is 79.9. The third-order valence-corrected chi connectivity index (χ3v) is 6.68. The zero-order valence-electron chi connectivity index (χ0n) is 20.1. The van der Waals surface area contributed by atoms with Gasteiger partial charge in [-0.3, -0.25) is 0 Å². The highest BCUT2D eigenvalue weighted by Gasteiger charge is 2.04. The van der Waals surface area contributed by atoms with Crippen molar-refractivity contribution < 1.29 is 14.6 Å². The molecule has 0 aliphatic heterocycles. The van der Waals surface area contributed by atoms with Crippen molar-refractivity contribution in [1.82, 2.24) is 0 Å². The smallest absolute Gasteiger partial charge is 0.335 e. The van der Waals surface area contributed by atoms with Crippen LogP contribution in [0.15, 0.2) is 48.5 Å². The van der Waals surface area contributed by atoms with Gasteiger partial charge in [0, 0.05) is 5.33 Å². The van der Waals surface area contributed by atoms with E-state index >= 15 is 0 Å². The van der Waals surface area contributed by atoms with E-state index in [1.54, 1.807) is 12.1 Å². The highest BCUT2D eigenvalue weighted by molar-refractivity contribution is 9.09. The SMILES string of the molecule is O=C(O)c1ccc(-c2ccc(OCCCCCCCCCCCCCCCCBr)cc2)cc1. The first kappa shape index (κ1) is 27.4. The van der Waals surface area contributed by atoms with E-state index in [0.29, 0.717) is 5.56 Å². The zero-order valence-corrected chi connectivity index (χ0v) is 21.7. The predicted octanol–water partition coefficient (Wildman–Crippen LogP) is 9.29. The van der Waals surface area contributed by atoms with E-state index in [4.69, 9.17) is 9.84 Å². The Balaban J connectivity index is 1.44. The number of unbranched alkanes of at least 4 members (excludes halogenated alkanes) is 13. The molecule has 0 aliphatic rings. The number of aromatic carboxylic acids is 1. The summed E-state index contributed by atoms with van der Waals surface area (Å²) in [6, 6.07) is 15.0. The van der Waals surface area contributed by atoms with Gasteiger partial charge in [0.2, 0.25) is 0 Å². The van der Waals surface area contributed by atoms with Crippen LogP contribution in [0.5, 0.6) is 5.75 Å². The first-order chi connectivity index (χ1) is 16.2. The molecule has 182 valence electrons. The second-order valence-electron chi connectivity index (χ2n) is 8.89. The Labute approximate surface area is 209 Å². The quantitative estimate of drug-likeness (QED) is 0.149.